The molecular formula is C28H29ClF2N6O3. The van der Waals surface area contributed by atoms with E-state index in [1.54, 1.807) is 18.7 Å². The van der Waals surface area contributed by atoms with Crippen LogP contribution in [0.1, 0.15) is 57.5 Å². The van der Waals surface area contributed by atoms with Crippen molar-refractivity contribution in [1.29, 1.82) is 0 Å². The molecule has 2 aliphatic heterocycles. The minimum Gasteiger partial charge on any atom is -0.398 e. The van der Waals surface area contributed by atoms with E-state index in [0.29, 0.717) is 36.4 Å². The Morgan fingerprint density at radius 2 is 2.00 bits per heavy atom. The lowest BCUT2D eigenvalue weighted by molar-refractivity contribution is -0.129. The van der Waals surface area contributed by atoms with Crippen LogP contribution in [0, 0.1) is 11.6 Å². The second-order valence-corrected chi connectivity index (χ2v) is 11.1. The normalized spacial score (nSPS) is 19.0. The molecule has 2 amide bonds. The maximum Gasteiger partial charge on any atom is 0.247 e. The number of carbonyl (C=O) groups excluding carboxylic acids is 2. The molecule has 2 aromatic heterocycles. The number of nitrogens with one attached hydrogen (secondary N) is 1. The highest BCUT2D eigenvalue weighted by Crippen LogP contribution is 2.44. The minimum absolute atomic E-state index is 0.0646. The Morgan fingerprint density at radius 1 is 1.25 bits per heavy atom. The summed E-state index contributed by atoms with van der Waals surface area (Å²) >= 11 is 5.97. The van der Waals surface area contributed by atoms with E-state index in [4.69, 9.17) is 17.3 Å². The topological polar surface area (TPSA) is 128 Å². The summed E-state index contributed by atoms with van der Waals surface area (Å²) in [6, 6.07) is 3.77. The first-order chi connectivity index (χ1) is 18.9. The quantitative estimate of drug-likeness (QED) is 0.371. The maximum absolute atomic E-state index is 15.7. The molecular weight excluding hydrogens is 542 g/mol. The summed E-state index contributed by atoms with van der Waals surface area (Å²) in [7, 11) is 0. The number of anilines is 2. The zero-order chi connectivity index (χ0) is 28.9. The van der Waals surface area contributed by atoms with Crippen LogP contribution in [0.5, 0.6) is 0 Å². The fourth-order valence-electron chi connectivity index (χ4n) is 5.66. The van der Waals surface area contributed by atoms with Crippen LogP contribution in [0.2, 0.25) is 5.02 Å². The number of hydrogen-bond acceptors (Lipinski definition) is 6. The highest BCUT2D eigenvalue weighted by molar-refractivity contribution is 6.31. The first-order valence-corrected chi connectivity index (χ1v) is 13.2. The van der Waals surface area contributed by atoms with Gasteiger partial charge >= 0.3 is 0 Å². The van der Waals surface area contributed by atoms with Crippen LogP contribution in [0.4, 0.5) is 20.3 Å². The van der Waals surface area contributed by atoms with E-state index < -0.39 is 35.7 Å². The van der Waals surface area contributed by atoms with Crippen molar-refractivity contribution >= 4 is 40.5 Å². The van der Waals surface area contributed by atoms with Crippen molar-refractivity contribution in [2.75, 3.05) is 17.2 Å². The molecule has 3 aromatic rings. The molecule has 4 N–H and O–H groups in total. The SMILES string of the molecule is CC(=O)N(c1nccc(-c2cnc([C@@H]3CCC4CC(c5c(N)ccc(Cl)c5F)=CC(=O)N43)[nH]2)c1F)C(C)(C)CO. The lowest BCUT2D eigenvalue weighted by Crippen LogP contribution is -2.50. The minimum atomic E-state index is -1.09. The first kappa shape index (κ1) is 27.7. The van der Waals surface area contributed by atoms with E-state index >= 15 is 4.39 Å². The molecule has 4 heterocycles. The number of fused-ring (bicyclic) bond motifs is 1. The molecule has 5 rings (SSSR count). The summed E-state index contributed by atoms with van der Waals surface area (Å²) in [5.41, 5.74) is 6.28. The van der Waals surface area contributed by atoms with E-state index in [1.807, 2.05) is 0 Å². The van der Waals surface area contributed by atoms with Crippen molar-refractivity contribution in [3.63, 3.8) is 0 Å². The molecule has 1 unspecified atom stereocenters. The molecule has 2 aliphatic rings. The van der Waals surface area contributed by atoms with Crippen molar-refractivity contribution in [3.8, 4) is 11.3 Å². The number of imidazole rings is 1. The molecule has 1 saturated heterocycles. The number of aliphatic hydroxyl groups excluding tert-OH is 1. The maximum atomic E-state index is 15.7. The van der Waals surface area contributed by atoms with Crippen molar-refractivity contribution < 1.29 is 23.5 Å². The summed E-state index contributed by atoms with van der Waals surface area (Å²) in [6.45, 7) is 4.10. The highest BCUT2D eigenvalue weighted by atomic mass is 35.5. The van der Waals surface area contributed by atoms with Crippen molar-refractivity contribution in [2.45, 2.75) is 57.7 Å². The average Bonchev–Trinajstić information content (AvgIpc) is 3.55. The molecule has 0 bridgehead atoms. The van der Waals surface area contributed by atoms with Crippen LogP contribution in [0.3, 0.4) is 0 Å². The fraction of sp³-hybridized carbons (Fsp3) is 0.357. The third-order valence-corrected chi connectivity index (χ3v) is 7.84. The number of halogens is 3. The number of nitrogens with zero attached hydrogens (tertiary/aromatic N) is 4. The third-order valence-electron chi connectivity index (χ3n) is 7.55. The van der Waals surface area contributed by atoms with Gasteiger partial charge in [-0.1, -0.05) is 11.6 Å². The van der Waals surface area contributed by atoms with Crippen molar-refractivity contribution in [3.05, 3.63) is 64.7 Å². The number of carbonyl (C=O) groups is 2. The summed E-state index contributed by atoms with van der Waals surface area (Å²) in [4.78, 5) is 40.2. The van der Waals surface area contributed by atoms with Gasteiger partial charge < -0.3 is 20.7 Å². The molecule has 0 spiro atoms. The molecule has 0 saturated carbocycles. The summed E-state index contributed by atoms with van der Waals surface area (Å²) in [6.07, 6.45) is 5.90. The van der Waals surface area contributed by atoms with Gasteiger partial charge in [0.2, 0.25) is 11.8 Å². The predicted octanol–water partition coefficient (Wildman–Crippen LogP) is 4.63. The second kappa shape index (κ2) is 10.3. The molecule has 2 atom stereocenters. The molecule has 1 fully saturated rings. The number of aliphatic hydroxyl groups is 1. The van der Waals surface area contributed by atoms with E-state index in [9.17, 15) is 19.1 Å². The van der Waals surface area contributed by atoms with Gasteiger partial charge in [0.15, 0.2) is 17.5 Å². The van der Waals surface area contributed by atoms with E-state index in [-0.39, 0.29) is 39.6 Å². The van der Waals surface area contributed by atoms with Gasteiger partial charge in [-0.3, -0.25) is 14.5 Å². The highest BCUT2D eigenvalue weighted by Gasteiger charge is 2.42. The van der Waals surface area contributed by atoms with Crippen LogP contribution < -0.4 is 10.6 Å². The number of rotatable bonds is 6. The monoisotopic (exact) mass is 570 g/mol. The first-order valence-electron chi connectivity index (χ1n) is 12.8. The van der Waals surface area contributed by atoms with Gasteiger partial charge in [0.05, 0.1) is 35.1 Å². The molecule has 40 heavy (non-hydrogen) atoms. The van der Waals surface area contributed by atoms with E-state index in [0.717, 1.165) is 4.90 Å². The lowest BCUT2D eigenvalue weighted by Gasteiger charge is -2.35. The number of pyridine rings is 1. The predicted molar refractivity (Wildman–Crippen MR) is 147 cm³/mol. The number of nitrogens with two attached hydrogens (primary N) is 1. The Morgan fingerprint density at radius 3 is 2.70 bits per heavy atom. The van der Waals surface area contributed by atoms with Crippen molar-refractivity contribution in [2.24, 2.45) is 0 Å². The Hall–Kier alpha value is -3.83. The zero-order valence-electron chi connectivity index (χ0n) is 22.2. The van der Waals surface area contributed by atoms with Gasteiger partial charge in [-0.15, -0.1) is 0 Å². The molecule has 1 aromatic carbocycles. The smallest absolute Gasteiger partial charge is 0.247 e. The second-order valence-electron chi connectivity index (χ2n) is 10.7. The number of aromatic amines is 1. The third kappa shape index (κ3) is 4.62. The van der Waals surface area contributed by atoms with Crippen molar-refractivity contribution in [1.82, 2.24) is 19.9 Å². The van der Waals surface area contributed by atoms with Crippen LogP contribution in [0.15, 0.2) is 36.7 Å². The summed E-state index contributed by atoms with van der Waals surface area (Å²) in [5, 5.41) is 9.72. The van der Waals surface area contributed by atoms with Gasteiger partial charge in [0.1, 0.15) is 5.82 Å². The Balaban J connectivity index is 1.45. The zero-order valence-corrected chi connectivity index (χ0v) is 23.0. The van der Waals surface area contributed by atoms with Crippen LogP contribution >= 0.6 is 11.6 Å². The number of hydrogen-bond donors (Lipinski definition) is 3. The van der Waals surface area contributed by atoms with Gasteiger partial charge in [-0.2, -0.15) is 0 Å². The van der Waals surface area contributed by atoms with Gasteiger partial charge in [0, 0.05) is 42.1 Å². The van der Waals surface area contributed by atoms with Gasteiger partial charge in [-0.25, -0.2) is 18.7 Å². The summed E-state index contributed by atoms with van der Waals surface area (Å²) < 4.78 is 30.5. The summed E-state index contributed by atoms with van der Waals surface area (Å²) in [5.74, 6) is -1.90. The van der Waals surface area contributed by atoms with Crippen LogP contribution in [-0.2, 0) is 9.59 Å². The van der Waals surface area contributed by atoms with E-state index in [1.165, 1.54) is 43.6 Å². The Kier molecular flexibility index (Phi) is 7.13. The standard InChI is InChI=1S/C28H29ClF2N6O3/c1-14(39)37(28(2,3)13-38)27-24(30)17(8-9-33-27)20-12-34-26(35-20)21-7-4-16-10-15(11-22(40)36(16)21)23-19(32)6-5-18(29)25(23)31/h5-6,8-9,11-12,16,21,38H,4,7,10,13,32H2,1-3H3,(H,34,35)/t16?,21-/m0/s1. The molecule has 0 aliphatic carbocycles. The van der Waals surface area contributed by atoms with Gasteiger partial charge in [-0.05, 0) is 56.9 Å². The van der Waals surface area contributed by atoms with Crippen LogP contribution in [0.25, 0.3) is 16.8 Å². The molecule has 0 radical (unpaired) electrons. The number of aromatic nitrogens is 3. The Labute approximate surface area is 234 Å². The molecule has 9 nitrogen and oxygen atoms in total. The van der Waals surface area contributed by atoms with Gasteiger partial charge in [0.25, 0.3) is 0 Å². The van der Waals surface area contributed by atoms with E-state index in [2.05, 4.69) is 15.0 Å². The number of nitrogen functional groups attached to an aromatic ring is 1. The largest absolute Gasteiger partial charge is 0.398 e. The fourth-order valence-corrected chi connectivity index (χ4v) is 5.82. The molecule has 210 valence electrons. The number of amides is 2. The average molecular weight is 571 g/mol. The number of benzene rings is 1. The molecule has 12 heteroatoms. The van der Waals surface area contributed by atoms with Crippen LogP contribution in [-0.4, -0.2) is 55.0 Å². The lowest BCUT2D eigenvalue weighted by atomic mass is 9.92. The Bertz CT molecular complexity index is 1540. The number of H-pyrrole nitrogens is 1.